The van der Waals surface area contributed by atoms with Crippen molar-refractivity contribution in [3.63, 3.8) is 0 Å². The van der Waals surface area contributed by atoms with E-state index in [0.717, 1.165) is 5.56 Å². The molecule has 4 N–H and O–H groups in total. The molecule has 0 atom stereocenters. The number of fused-ring (bicyclic) bond motifs is 1. The molecule has 2 heterocycles. The van der Waals surface area contributed by atoms with Crippen LogP contribution in [0.2, 0.25) is 0 Å². The summed E-state index contributed by atoms with van der Waals surface area (Å²) in [6, 6.07) is 8.33. The average Bonchev–Trinajstić information content (AvgIpc) is 3.36. The van der Waals surface area contributed by atoms with Crippen molar-refractivity contribution >= 4 is 47.5 Å². The molecule has 0 aliphatic heterocycles. The normalized spacial score (nSPS) is 16.8. The topological polar surface area (TPSA) is 157 Å². The quantitative estimate of drug-likeness (QED) is 0.0925. The van der Waals surface area contributed by atoms with Gasteiger partial charge >= 0.3 is 19.7 Å². The highest BCUT2D eigenvalue weighted by molar-refractivity contribution is 7.53. The van der Waals surface area contributed by atoms with Crippen LogP contribution < -0.4 is 15.4 Å². The summed E-state index contributed by atoms with van der Waals surface area (Å²) in [5.41, 5.74) is 0.922. The van der Waals surface area contributed by atoms with Crippen LogP contribution in [0.3, 0.4) is 0 Å². The Kier molecular flexibility index (Phi) is 11.3. The molecule has 0 unspecified atom stereocenters. The Morgan fingerprint density at radius 2 is 1.70 bits per heavy atom. The summed E-state index contributed by atoms with van der Waals surface area (Å²) in [7, 11) is -1.79. The standard InChI is InChI=1S/C34H41F3N5O7P/c1-5-47-28-16-20(19-50(46,48-6-2)49-7-3)8-14-26(28)40-33-38-17-25(34(35,36)37)30(41-33)39-27-15-13-23(24-18-42(4)31(43)29(24)27)21-9-11-22(12-10-21)32(44)45/h8,13-18,21-22,43H,5-7,9-12,19H2,1-4H3,(H,44,45)(H2,38,39,40,41). The number of alkyl halides is 3. The van der Waals surface area contributed by atoms with Gasteiger partial charge in [-0.3, -0.25) is 9.36 Å². The number of carboxylic acid groups (broad SMARTS) is 1. The number of benzene rings is 2. The van der Waals surface area contributed by atoms with Gasteiger partial charge in [-0.25, -0.2) is 4.98 Å². The zero-order valence-electron chi connectivity index (χ0n) is 28.2. The van der Waals surface area contributed by atoms with Crippen molar-refractivity contribution in [2.45, 2.75) is 64.7 Å². The van der Waals surface area contributed by atoms with E-state index < -0.39 is 37.0 Å². The first-order chi connectivity index (χ1) is 23.8. The van der Waals surface area contributed by atoms with Gasteiger partial charge in [0, 0.05) is 24.8 Å². The summed E-state index contributed by atoms with van der Waals surface area (Å²) in [4.78, 5) is 19.6. The summed E-state index contributed by atoms with van der Waals surface area (Å²) in [6.07, 6.45) is -0.135. The van der Waals surface area contributed by atoms with Gasteiger partial charge in [-0.2, -0.15) is 18.2 Å². The van der Waals surface area contributed by atoms with Crippen molar-refractivity contribution in [2.24, 2.45) is 13.0 Å². The van der Waals surface area contributed by atoms with E-state index in [1.54, 1.807) is 64.3 Å². The van der Waals surface area contributed by atoms with Crippen LogP contribution in [0.5, 0.6) is 11.6 Å². The number of rotatable bonds is 14. The van der Waals surface area contributed by atoms with Crippen LogP contribution in [0.4, 0.5) is 36.3 Å². The predicted molar refractivity (Wildman–Crippen MR) is 183 cm³/mol. The lowest BCUT2D eigenvalue weighted by atomic mass is 9.78. The fourth-order valence-electron chi connectivity index (χ4n) is 6.34. The van der Waals surface area contributed by atoms with E-state index in [1.165, 1.54) is 4.57 Å². The number of aliphatic carboxylic acids is 1. The van der Waals surface area contributed by atoms with Gasteiger partial charge in [-0.15, -0.1) is 0 Å². The smallest absolute Gasteiger partial charge is 0.421 e. The molecule has 4 aromatic rings. The third kappa shape index (κ3) is 8.17. The molecule has 2 aromatic carbocycles. The maximum absolute atomic E-state index is 14.3. The molecule has 2 aromatic heterocycles. The van der Waals surface area contributed by atoms with Crippen LogP contribution in [0.1, 0.15) is 69.1 Å². The molecule has 16 heteroatoms. The number of aromatic hydroxyl groups is 1. The Morgan fingerprint density at radius 1 is 1.02 bits per heavy atom. The van der Waals surface area contributed by atoms with E-state index in [4.69, 9.17) is 13.8 Å². The van der Waals surface area contributed by atoms with Gasteiger partial charge in [0.25, 0.3) is 0 Å². The van der Waals surface area contributed by atoms with Gasteiger partial charge in [0.2, 0.25) is 11.8 Å². The van der Waals surface area contributed by atoms with Crippen LogP contribution in [-0.4, -0.2) is 50.5 Å². The molecule has 12 nitrogen and oxygen atoms in total. The Hall–Kier alpha value is -4.33. The van der Waals surface area contributed by atoms with Gasteiger partial charge in [0.1, 0.15) is 17.1 Å². The SMILES string of the molecule is CCOc1cc(CP(=O)(OCC)OCC)ccc1Nc1ncc(C(F)(F)F)c(Nc2ccc(C3CCC(C(=O)O)CC3)c3cn(C)c(O)c23)n1. The lowest BCUT2D eigenvalue weighted by Crippen LogP contribution is -2.20. The van der Waals surface area contributed by atoms with Crippen molar-refractivity contribution < 1.29 is 46.5 Å². The van der Waals surface area contributed by atoms with E-state index in [2.05, 4.69) is 20.6 Å². The minimum Gasteiger partial charge on any atom is -0.494 e. The maximum atomic E-state index is 14.3. The number of nitrogens with zero attached hydrogens (tertiary/aromatic N) is 3. The Labute approximate surface area is 287 Å². The van der Waals surface area contributed by atoms with Gasteiger partial charge in [-0.05, 0) is 81.7 Å². The van der Waals surface area contributed by atoms with Crippen LogP contribution in [0.15, 0.2) is 42.7 Å². The summed E-state index contributed by atoms with van der Waals surface area (Å²) in [6.45, 7) is 5.87. The number of carbonyl (C=O) groups is 1. The molecule has 1 fully saturated rings. The zero-order valence-corrected chi connectivity index (χ0v) is 29.1. The van der Waals surface area contributed by atoms with E-state index in [1.807, 2.05) is 0 Å². The first-order valence-electron chi connectivity index (χ1n) is 16.4. The second kappa shape index (κ2) is 15.3. The number of halogens is 3. The van der Waals surface area contributed by atoms with Crippen LogP contribution in [-0.2, 0) is 37.8 Å². The lowest BCUT2D eigenvalue weighted by Gasteiger charge is -2.27. The average molecular weight is 720 g/mol. The van der Waals surface area contributed by atoms with E-state index in [-0.39, 0.29) is 49.4 Å². The van der Waals surface area contributed by atoms with Gasteiger partial charge in [0.05, 0.1) is 48.7 Å². The predicted octanol–water partition coefficient (Wildman–Crippen LogP) is 8.70. The lowest BCUT2D eigenvalue weighted by molar-refractivity contribution is -0.143. The number of hydrogen-bond acceptors (Lipinski definition) is 10. The molecule has 0 amide bonds. The van der Waals surface area contributed by atoms with Gasteiger partial charge in [0.15, 0.2) is 0 Å². The molecule has 0 bridgehead atoms. The number of hydrogen-bond donors (Lipinski definition) is 4. The minimum atomic E-state index is -4.81. The van der Waals surface area contributed by atoms with Crippen molar-refractivity contribution in [2.75, 3.05) is 30.5 Å². The highest BCUT2D eigenvalue weighted by Crippen LogP contribution is 2.52. The van der Waals surface area contributed by atoms with Crippen LogP contribution in [0.25, 0.3) is 10.8 Å². The number of ether oxygens (including phenoxy) is 1. The Morgan fingerprint density at radius 3 is 2.32 bits per heavy atom. The molecule has 0 radical (unpaired) electrons. The van der Waals surface area contributed by atoms with Crippen molar-refractivity contribution in [1.82, 2.24) is 14.5 Å². The molecular formula is C34H41F3N5O7P. The number of aromatic nitrogens is 3. The molecule has 0 spiro atoms. The van der Waals surface area contributed by atoms with Crippen molar-refractivity contribution in [3.8, 4) is 11.6 Å². The molecule has 5 rings (SSSR count). The van der Waals surface area contributed by atoms with E-state index >= 15 is 0 Å². The highest BCUT2D eigenvalue weighted by Gasteiger charge is 2.36. The maximum Gasteiger partial charge on any atom is 0.421 e. The number of carboxylic acids is 1. The minimum absolute atomic E-state index is 0.0108. The van der Waals surface area contributed by atoms with Crippen LogP contribution in [0, 0.1) is 5.92 Å². The first kappa shape index (κ1) is 36.9. The zero-order chi connectivity index (χ0) is 36.2. The largest absolute Gasteiger partial charge is 0.494 e. The highest BCUT2D eigenvalue weighted by atomic mass is 31.2. The fourth-order valence-corrected chi connectivity index (χ4v) is 8.03. The molecule has 270 valence electrons. The summed E-state index contributed by atoms with van der Waals surface area (Å²) in [5, 5.41) is 27.2. The first-order valence-corrected chi connectivity index (χ1v) is 18.1. The summed E-state index contributed by atoms with van der Waals surface area (Å²) >= 11 is 0. The monoisotopic (exact) mass is 719 g/mol. The molecule has 1 aliphatic rings. The van der Waals surface area contributed by atoms with Crippen LogP contribution >= 0.6 is 7.60 Å². The molecular weight excluding hydrogens is 678 g/mol. The molecule has 50 heavy (non-hydrogen) atoms. The number of anilines is 4. The Bertz CT molecular complexity index is 1880. The van der Waals surface area contributed by atoms with Gasteiger partial charge < -0.3 is 39.2 Å². The van der Waals surface area contributed by atoms with Gasteiger partial charge in [-0.1, -0.05) is 12.1 Å². The second-order valence-electron chi connectivity index (χ2n) is 12.0. The molecule has 0 saturated heterocycles. The van der Waals surface area contributed by atoms with E-state index in [9.17, 15) is 32.7 Å². The third-order valence-electron chi connectivity index (χ3n) is 8.64. The fraction of sp³-hybridized carbons (Fsp3) is 0.441. The van der Waals surface area contributed by atoms with Crippen molar-refractivity contribution in [3.05, 3.63) is 59.4 Å². The second-order valence-corrected chi connectivity index (χ2v) is 14.1. The summed E-state index contributed by atoms with van der Waals surface area (Å²) in [5.74, 6) is -1.73. The number of nitrogens with one attached hydrogen (secondary N) is 2. The number of aryl methyl sites for hydroxylation is 1. The third-order valence-corrected chi connectivity index (χ3v) is 10.7. The molecule has 1 saturated carbocycles. The van der Waals surface area contributed by atoms with Crippen molar-refractivity contribution in [1.29, 1.82) is 0 Å². The Balaban J connectivity index is 1.48. The molecule has 1 aliphatic carbocycles. The summed E-state index contributed by atoms with van der Waals surface area (Å²) < 4.78 is 74.0. The van der Waals surface area contributed by atoms with E-state index in [0.29, 0.717) is 59.7 Å².